The number of fused-ring (bicyclic) bond motifs is 1. The molecule has 1 aliphatic rings. The minimum Gasteiger partial charge on any atom is -0.360 e. The molecule has 3 rings (SSSR count). The molecule has 0 saturated heterocycles. The van der Waals surface area contributed by atoms with E-state index in [1.165, 1.54) is 23.1 Å². The Bertz CT molecular complexity index is 837. The topological polar surface area (TPSA) is 75.2 Å². The predicted molar refractivity (Wildman–Crippen MR) is 111 cm³/mol. The van der Waals surface area contributed by atoms with Gasteiger partial charge in [-0.3, -0.25) is 9.59 Å². The molecule has 1 atom stereocenters. The minimum atomic E-state index is -0.246. The number of rotatable bonds is 8. The van der Waals surface area contributed by atoms with Gasteiger partial charge in [0.25, 0.3) is 0 Å². The second-order valence-electron chi connectivity index (χ2n) is 6.54. The van der Waals surface area contributed by atoms with Crippen molar-refractivity contribution in [1.82, 2.24) is 10.2 Å². The van der Waals surface area contributed by atoms with Crippen molar-refractivity contribution in [2.75, 3.05) is 23.3 Å². The van der Waals surface area contributed by atoms with Crippen LogP contribution in [-0.2, 0) is 11.2 Å². The zero-order valence-electron chi connectivity index (χ0n) is 15.8. The number of aromatic nitrogens is 2. The summed E-state index contributed by atoms with van der Waals surface area (Å²) in [6, 6.07) is 5.63. The van der Waals surface area contributed by atoms with E-state index in [9.17, 15) is 9.59 Å². The van der Waals surface area contributed by atoms with Crippen LogP contribution in [-0.4, -0.2) is 40.2 Å². The first kappa shape index (κ1) is 19.8. The molecule has 1 aromatic heterocycles. The van der Waals surface area contributed by atoms with Crippen LogP contribution >= 0.6 is 23.1 Å². The number of carbonyl (C=O) groups is 2. The third-order valence-corrected chi connectivity index (χ3v) is 6.56. The summed E-state index contributed by atoms with van der Waals surface area (Å²) in [5.74, 6) is 0.108. The van der Waals surface area contributed by atoms with Crippen molar-refractivity contribution in [3.05, 3.63) is 29.3 Å². The second-order valence-corrected chi connectivity index (χ2v) is 9.11. The average Bonchev–Trinajstić information content (AvgIpc) is 3.27. The summed E-state index contributed by atoms with van der Waals surface area (Å²) in [7, 11) is 0. The lowest BCUT2D eigenvalue weighted by Crippen LogP contribution is -2.25. The van der Waals surface area contributed by atoms with Gasteiger partial charge in [0.2, 0.25) is 11.0 Å². The van der Waals surface area contributed by atoms with Crippen LogP contribution in [0.4, 0.5) is 10.8 Å². The smallest absolute Gasteiger partial charge is 0.223 e. The molecular formula is C19H24N4O2S2. The predicted octanol–water partition coefficient (Wildman–Crippen LogP) is 4.02. The molecule has 2 aromatic rings. The Hall–Kier alpha value is -1.93. The molecule has 0 spiro atoms. The summed E-state index contributed by atoms with van der Waals surface area (Å²) in [6.45, 7) is 7.18. The highest BCUT2D eigenvalue weighted by atomic mass is 32.2. The average molecular weight is 405 g/mol. The Morgan fingerprint density at radius 3 is 2.93 bits per heavy atom. The number of Topliss-reactive ketones (excluding diaryl/α,β-unsaturated/α-hetero) is 1. The highest BCUT2D eigenvalue weighted by Crippen LogP contribution is 2.33. The van der Waals surface area contributed by atoms with E-state index < -0.39 is 0 Å². The first-order valence-electron chi connectivity index (χ1n) is 9.19. The van der Waals surface area contributed by atoms with Gasteiger partial charge in [0.05, 0.1) is 5.25 Å². The number of anilines is 2. The lowest BCUT2D eigenvalue weighted by molar-refractivity contribution is -0.116. The molecule has 1 N–H and O–H groups in total. The molecule has 0 radical (unpaired) electrons. The summed E-state index contributed by atoms with van der Waals surface area (Å²) in [5.41, 5.74) is 2.67. The Morgan fingerprint density at radius 2 is 2.19 bits per heavy atom. The van der Waals surface area contributed by atoms with Crippen LogP contribution in [0.1, 0.15) is 49.5 Å². The van der Waals surface area contributed by atoms with Crippen molar-refractivity contribution in [2.24, 2.45) is 0 Å². The van der Waals surface area contributed by atoms with Gasteiger partial charge in [-0.1, -0.05) is 36.4 Å². The summed E-state index contributed by atoms with van der Waals surface area (Å²) in [4.78, 5) is 26.2. The third-order valence-electron chi connectivity index (χ3n) is 4.50. The number of ketones is 1. The van der Waals surface area contributed by atoms with Gasteiger partial charge in [-0.25, -0.2) is 0 Å². The number of carbonyl (C=O) groups excluding carboxylic acids is 2. The maximum atomic E-state index is 12.8. The van der Waals surface area contributed by atoms with Crippen molar-refractivity contribution in [3.63, 3.8) is 0 Å². The van der Waals surface area contributed by atoms with Crippen LogP contribution in [0.2, 0.25) is 0 Å². The zero-order chi connectivity index (χ0) is 19.4. The van der Waals surface area contributed by atoms with Crippen molar-refractivity contribution in [1.29, 1.82) is 0 Å². The first-order valence-corrected chi connectivity index (χ1v) is 10.9. The fourth-order valence-corrected chi connectivity index (χ4v) is 5.02. The van der Waals surface area contributed by atoms with Gasteiger partial charge in [0.1, 0.15) is 0 Å². The molecule has 144 valence electrons. The Kier molecular flexibility index (Phi) is 6.49. The standard InChI is InChI=1S/C19H24N4O2S2/c1-4-5-9-20-18-21-22-19(27-18)26-12(2)17(25)15-6-7-16-14(11-15)8-10-23(16)13(3)24/h6-7,11-12H,4-5,8-10H2,1-3H3,(H,20,21). The Labute approximate surface area is 167 Å². The maximum Gasteiger partial charge on any atom is 0.223 e. The van der Waals surface area contributed by atoms with Gasteiger partial charge in [-0.15, -0.1) is 10.2 Å². The van der Waals surface area contributed by atoms with E-state index in [2.05, 4.69) is 22.4 Å². The Morgan fingerprint density at radius 1 is 1.37 bits per heavy atom. The van der Waals surface area contributed by atoms with E-state index in [0.29, 0.717) is 12.1 Å². The van der Waals surface area contributed by atoms with Crippen LogP contribution < -0.4 is 10.2 Å². The summed E-state index contributed by atoms with van der Waals surface area (Å²) < 4.78 is 0.791. The minimum absolute atomic E-state index is 0.0383. The number of nitrogens with one attached hydrogen (secondary N) is 1. The summed E-state index contributed by atoms with van der Waals surface area (Å²) >= 11 is 2.92. The number of nitrogens with zero attached hydrogens (tertiary/aromatic N) is 3. The lowest BCUT2D eigenvalue weighted by Gasteiger charge is -2.15. The molecule has 1 unspecified atom stereocenters. The maximum absolute atomic E-state index is 12.8. The highest BCUT2D eigenvalue weighted by Gasteiger charge is 2.25. The molecule has 0 saturated carbocycles. The molecule has 0 bridgehead atoms. The fraction of sp³-hybridized carbons (Fsp3) is 0.474. The van der Waals surface area contributed by atoms with Crippen LogP contribution in [0.5, 0.6) is 0 Å². The van der Waals surface area contributed by atoms with E-state index in [1.807, 2.05) is 25.1 Å². The number of hydrogen-bond acceptors (Lipinski definition) is 7. The van der Waals surface area contributed by atoms with Crippen LogP contribution in [0.15, 0.2) is 22.5 Å². The van der Waals surface area contributed by atoms with Crippen LogP contribution in [0, 0.1) is 0 Å². The third kappa shape index (κ3) is 4.68. The number of hydrogen-bond donors (Lipinski definition) is 1. The first-order chi connectivity index (χ1) is 13.0. The molecule has 1 aliphatic heterocycles. The van der Waals surface area contributed by atoms with Crippen molar-refractivity contribution >= 4 is 45.6 Å². The van der Waals surface area contributed by atoms with Crippen LogP contribution in [0.25, 0.3) is 0 Å². The van der Waals surface area contributed by atoms with Gasteiger partial charge in [0, 0.05) is 31.3 Å². The molecule has 1 amide bonds. The van der Waals surface area contributed by atoms with E-state index in [1.54, 1.807) is 11.8 Å². The van der Waals surface area contributed by atoms with Gasteiger partial charge in [0.15, 0.2) is 10.1 Å². The molecular weight excluding hydrogens is 380 g/mol. The lowest BCUT2D eigenvalue weighted by atomic mass is 10.0. The number of amides is 1. The molecule has 6 nitrogen and oxygen atoms in total. The van der Waals surface area contributed by atoms with E-state index in [4.69, 9.17) is 0 Å². The number of unbranched alkanes of at least 4 members (excludes halogenated alkanes) is 1. The molecule has 0 fully saturated rings. The normalized spacial score (nSPS) is 14.1. The largest absolute Gasteiger partial charge is 0.360 e. The quantitative estimate of drug-likeness (QED) is 0.407. The summed E-state index contributed by atoms with van der Waals surface area (Å²) in [6.07, 6.45) is 3.01. The zero-order valence-corrected chi connectivity index (χ0v) is 17.5. The van der Waals surface area contributed by atoms with Crippen molar-refractivity contribution in [3.8, 4) is 0 Å². The molecule has 27 heavy (non-hydrogen) atoms. The van der Waals surface area contributed by atoms with Crippen molar-refractivity contribution in [2.45, 2.75) is 49.6 Å². The van der Waals surface area contributed by atoms with E-state index in [0.717, 1.165) is 46.5 Å². The molecule has 0 aliphatic carbocycles. The molecule has 8 heteroatoms. The number of thioether (sulfide) groups is 1. The number of benzene rings is 1. The van der Waals surface area contributed by atoms with Gasteiger partial charge in [-0.2, -0.15) is 0 Å². The van der Waals surface area contributed by atoms with E-state index in [-0.39, 0.29) is 16.9 Å². The van der Waals surface area contributed by atoms with Gasteiger partial charge < -0.3 is 10.2 Å². The van der Waals surface area contributed by atoms with Gasteiger partial charge in [-0.05, 0) is 43.5 Å². The second kappa shape index (κ2) is 8.84. The van der Waals surface area contributed by atoms with Crippen LogP contribution in [0.3, 0.4) is 0 Å². The molecule has 1 aromatic carbocycles. The Balaban J connectivity index is 1.63. The summed E-state index contributed by atoms with van der Waals surface area (Å²) in [5, 5.41) is 12.1. The SMILES string of the molecule is CCCCNc1nnc(SC(C)C(=O)c2ccc3c(c2)CCN3C(C)=O)s1. The molecule has 2 heterocycles. The monoisotopic (exact) mass is 404 g/mol. The van der Waals surface area contributed by atoms with Crippen molar-refractivity contribution < 1.29 is 9.59 Å². The van der Waals surface area contributed by atoms with Gasteiger partial charge >= 0.3 is 0 Å². The van der Waals surface area contributed by atoms with E-state index >= 15 is 0 Å². The highest BCUT2D eigenvalue weighted by molar-refractivity contribution is 8.02. The fourth-order valence-electron chi connectivity index (χ4n) is 3.02.